The Morgan fingerprint density at radius 2 is 1.92 bits per heavy atom. The van der Waals surface area contributed by atoms with Gasteiger partial charge in [-0.2, -0.15) is 5.10 Å². The molecule has 2 aromatic heterocycles. The summed E-state index contributed by atoms with van der Waals surface area (Å²) in [5, 5.41) is 7.56. The number of nitrogens with zero attached hydrogens (tertiary/aromatic N) is 4. The molecule has 1 atom stereocenters. The van der Waals surface area contributed by atoms with Gasteiger partial charge in [0, 0.05) is 23.8 Å². The zero-order chi connectivity index (χ0) is 18.1. The van der Waals surface area contributed by atoms with Gasteiger partial charge in [-0.3, -0.25) is 10.1 Å². The standard InChI is InChI=1S/C20H18ClN5/c1-13(14-4-3-5-17(21)8-14)26(2)20-12-22-19-9-15(6-7-18(19)25-20)16-10-23-24-11-16/h3-13H,1-2H3,(H,23,24). The van der Waals surface area contributed by atoms with E-state index in [1.165, 1.54) is 0 Å². The molecule has 0 saturated carbocycles. The maximum atomic E-state index is 6.12. The number of hydrogen-bond acceptors (Lipinski definition) is 4. The SMILES string of the molecule is CC(c1cccc(Cl)c1)N(C)c1cnc2cc(-c3cn[nH]c3)ccc2n1. The molecule has 0 fully saturated rings. The molecule has 0 amide bonds. The minimum absolute atomic E-state index is 0.130. The highest BCUT2D eigenvalue weighted by atomic mass is 35.5. The second kappa shape index (κ2) is 6.77. The molecule has 5 nitrogen and oxygen atoms in total. The lowest BCUT2D eigenvalue weighted by molar-refractivity contribution is 0.729. The molecule has 0 radical (unpaired) electrons. The molecule has 26 heavy (non-hydrogen) atoms. The van der Waals surface area contributed by atoms with Crippen LogP contribution in [0.4, 0.5) is 5.82 Å². The van der Waals surface area contributed by atoms with Gasteiger partial charge in [0.1, 0.15) is 5.82 Å². The van der Waals surface area contributed by atoms with Gasteiger partial charge in [0.2, 0.25) is 0 Å². The van der Waals surface area contributed by atoms with Gasteiger partial charge in [-0.25, -0.2) is 4.98 Å². The van der Waals surface area contributed by atoms with E-state index in [1.807, 2.05) is 55.8 Å². The highest BCUT2D eigenvalue weighted by Crippen LogP contribution is 2.27. The Hall–Kier alpha value is -2.92. The van der Waals surface area contributed by atoms with Gasteiger partial charge in [0.15, 0.2) is 0 Å². The number of aromatic nitrogens is 4. The zero-order valence-corrected chi connectivity index (χ0v) is 15.3. The smallest absolute Gasteiger partial charge is 0.148 e. The number of fused-ring (bicyclic) bond motifs is 1. The molecule has 0 saturated heterocycles. The van der Waals surface area contributed by atoms with Crippen LogP contribution >= 0.6 is 11.6 Å². The van der Waals surface area contributed by atoms with Crippen LogP contribution in [0.5, 0.6) is 0 Å². The van der Waals surface area contributed by atoms with Gasteiger partial charge < -0.3 is 4.90 Å². The highest BCUT2D eigenvalue weighted by Gasteiger charge is 2.15. The first-order chi connectivity index (χ1) is 12.6. The summed E-state index contributed by atoms with van der Waals surface area (Å²) in [6.45, 7) is 2.12. The van der Waals surface area contributed by atoms with E-state index >= 15 is 0 Å². The van der Waals surface area contributed by atoms with E-state index in [0.29, 0.717) is 0 Å². The minimum Gasteiger partial charge on any atom is -0.352 e. The van der Waals surface area contributed by atoms with Crippen LogP contribution in [0.25, 0.3) is 22.2 Å². The van der Waals surface area contributed by atoms with Crippen molar-refractivity contribution >= 4 is 28.5 Å². The van der Waals surface area contributed by atoms with Crippen molar-refractivity contribution in [3.63, 3.8) is 0 Å². The van der Waals surface area contributed by atoms with Gasteiger partial charge in [0.05, 0.1) is 29.5 Å². The number of aromatic amines is 1. The van der Waals surface area contributed by atoms with Crippen molar-refractivity contribution in [1.29, 1.82) is 0 Å². The fraction of sp³-hybridized carbons (Fsp3) is 0.150. The van der Waals surface area contributed by atoms with Crippen molar-refractivity contribution in [2.24, 2.45) is 0 Å². The number of nitrogens with one attached hydrogen (secondary N) is 1. The second-order valence-electron chi connectivity index (χ2n) is 6.26. The normalized spacial score (nSPS) is 12.3. The van der Waals surface area contributed by atoms with Crippen LogP contribution in [-0.4, -0.2) is 27.2 Å². The molecule has 0 aliphatic heterocycles. The topological polar surface area (TPSA) is 57.7 Å². The third kappa shape index (κ3) is 3.13. The molecule has 4 rings (SSSR count). The lowest BCUT2D eigenvalue weighted by Crippen LogP contribution is -2.22. The van der Waals surface area contributed by atoms with Crippen molar-refractivity contribution in [2.75, 3.05) is 11.9 Å². The van der Waals surface area contributed by atoms with Crippen molar-refractivity contribution in [1.82, 2.24) is 20.2 Å². The molecule has 0 bridgehead atoms. The molecule has 0 aliphatic rings. The van der Waals surface area contributed by atoms with Crippen LogP contribution < -0.4 is 4.90 Å². The monoisotopic (exact) mass is 363 g/mol. The Kier molecular flexibility index (Phi) is 4.31. The van der Waals surface area contributed by atoms with Gasteiger partial charge in [0.25, 0.3) is 0 Å². The number of H-pyrrole nitrogens is 1. The Morgan fingerprint density at radius 3 is 2.69 bits per heavy atom. The third-order valence-corrected chi connectivity index (χ3v) is 4.87. The predicted octanol–water partition coefficient (Wildman–Crippen LogP) is 4.87. The molecule has 2 aromatic carbocycles. The lowest BCUT2D eigenvalue weighted by Gasteiger charge is -2.26. The van der Waals surface area contributed by atoms with Crippen LogP contribution in [0.15, 0.2) is 61.1 Å². The second-order valence-corrected chi connectivity index (χ2v) is 6.70. The summed E-state index contributed by atoms with van der Waals surface area (Å²) in [4.78, 5) is 11.5. The molecular weight excluding hydrogens is 346 g/mol. The average Bonchev–Trinajstić information content (AvgIpc) is 3.21. The van der Waals surface area contributed by atoms with E-state index < -0.39 is 0 Å². The van der Waals surface area contributed by atoms with E-state index in [-0.39, 0.29) is 6.04 Å². The van der Waals surface area contributed by atoms with Crippen molar-refractivity contribution in [2.45, 2.75) is 13.0 Å². The van der Waals surface area contributed by atoms with E-state index in [9.17, 15) is 0 Å². The summed E-state index contributed by atoms with van der Waals surface area (Å²) in [6.07, 6.45) is 5.47. The summed E-state index contributed by atoms with van der Waals surface area (Å²) < 4.78 is 0. The summed E-state index contributed by atoms with van der Waals surface area (Å²) in [5.41, 5.74) is 4.95. The number of hydrogen-bond donors (Lipinski definition) is 1. The van der Waals surface area contributed by atoms with Crippen LogP contribution in [0, 0.1) is 0 Å². The largest absolute Gasteiger partial charge is 0.352 e. The first-order valence-corrected chi connectivity index (χ1v) is 8.74. The maximum Gasteiger partial charge on any atom is 0.148 e. The fourth-order valence-electron chi connectivity index (χ4n) is 2.95. The minimum atomic E-state index is 0.130. The predicted molar refractivity (Wildman–Crippen MR) is 105 cm³/mol. The number of rotatable bonds is 4. The van der Waals surface area contributed by atoms with Gasteiger partial charge >= 0.3 is 0 Å². The summed E-state index contributed by atoms with van der Waals surface area (Å²) >= 11 is 6.12. The molecule has 0 spiro atoms. The highest BCUT2D eigenvalue weighted by molar-refractivity contribution is 6.30. The van der Waals surface area contributed by atoms with E-state index in [0.717, 1.165) is 38.6 Å². The molecule has 1 unspecified atom stereocenters. The Morgan fingerprint density at radius 1 is 1.04 bits per heavy atom. The Labute approximate surface area is 156 Å². The van der Waals surface area contributed by atoms with Crippen molar-refractivity contribution < 1.29 is 0 Å². The van der Waals surface area contributed by atoms with E-state index in [2.05, 4.69) is 33.1 Å². The Balaban J connectivity index is 1.65. The van der Waals surface area contributed by atoms with Crippen LogP contribution in [-0.2, 0) is 0 Å². The number of halogens is 1. The average molecular weight is 364 g/mol. The fourth-order valence-corrected chi connectivity index (χ4v) is 3.15. The number of benzene rings is 2. The van der Waals surface area contributed by atoms with Crippen LogP contribution in [0.3, 0.4) is 0 Å². The molecule has 1 N–H and O–H groups in total. The van der Waals surface area contributed by atoms with E-state index in [4.69, 9.17) is 16.6 Å². The lowest BCUT2D eigenvalue weighted by atomic mass is 10.1. The van der Waals surface area contributed by atoms with Crippen LogP contribution in [0.2, 0.25) is 5.02 Å². The maximum absolute atomic E-state index is 6.12. The van der Waals surface area contributed by atoms with Gasteiger partial charge in [-0.05, 0) is 42.3 Å². The molecule has 4 aromatic rings. The van der Waals surface area contributed by atoms with Crippen LogP contribution in [0.1, 0.15) is 18.5 Å². The third-order valence-electron chi connectivity index (χ3n) is 4.63. The molecule has 2 heterocycles. The first-order valence-electron chi connectivity index (χ1n) is 8.36. The van der Waals surface area contributed by atoms with Gasteiger partial charge in [-0.1, -0.05) is 29.8 Å². The molecule has 130 valence electrons. The van der Waals surface area contributed by atoms with Crippen molar-refractivity contribution in [3.05, 3.63) is 71.6 Å². The van der Waals surface area contributed by atoms with E-state index in [1.54, 1.807) is 6.20 Å². The zero-order valence-electron chi connectivity index (χ0n) is 14.5. The quantitative estimate of drug-likeness (QED) is 0.562. The summed E-state index contributed by atoms with van der Waals surface area (Å²) in [5.74, 6) is 0.820. The summed E-state index contributed by atoms with van der Waals surface area (Å²) in [7, 11) is 2.02. The van der Waals surface area contributed by atoms with Crippen molar-refractivity contribution in [3.8, 4) is 11.1 Å². The molecular formula is C20H18ClN5. The Bertz CT molecular complexity index is 1050. The number of anilines is 1. The summed E-state index contributed by atoms with van der Waals surface area (Å²) in [6, 6.07) is 14.1. The molecule has 0 aliphatic carbocycles. The van der Waals surface area contributed by atoms with Gasteiger partial charge in [-0.15, -0.1) is 0 Å². The molecule has 6 heteroatoms. The first kappa shape index (κ1) is 16.5.